The van der Waals surface area contributed by atoms with E-state index < -0.39 is 11.8 Å². The van der Waals surface area contributed by atoms with Gasteiger partial charge in [-0.15, -0.1) is 6.42 Å². The van der Waals surface area contributed by atoms with Crippen molar-refractivity contribution in [2.75, 3.05) is 20.6 Å². The van der Waals surface area contributed by atoms with Crippen LogP contribution in [0.1, 0.15) is 0 Å². The molecule has 4 heteroatoms. The van der Waals surface area contributed by atoms with Gasteiger partial charge >= 0.3 is 11.8 Å². The predicted molar refractivity (Wildman–Crippen MR) is 43.0 cm³/mol. The Morgan fingerprint density at radius 3 is 2.50 bits per heavy atom. The van der Waals surface area contributed by atoms with Crippen LogP contribution in [0.3, 0.4) is 0 Å². The van der Waals surface area contributed by atoms with E-state index in [1.165, 1.54) is 16.8 Å². The van der Waals surface area contributed by atoms with E-state index in [0.717, 1.165) is 0 Å². The van der Waals surface area contributed by atoms with Crippen molar-refractivity contribution in [3.8, 4) is 12.3 Å². The number of hydrogen-bond acceptors (Lipinski definition) is 2. The Morgan fingerprint density at radius 2 is 2.00 bits per heavy atom. The van der Waals surface area contributed by atoms with Crippen LogP contribution >= 0.6 is 0 Å². The summed E-state index contributed by atoms with van der Waals surface area (Å²) in [7, 11) is 3.11. The largest absolute Gasteiger partial charge is 0.334 e. The highest BCUT2D eigenvalue weighted by Crippen LogP contribution is 2.06. The summed E-state index contributed by atoms with van der Waals surface area (Å²) in [6.45, 7) is 0.414. The molecule has 0 bridgehead atoms. The summed E-state index contributed by atoms with van der Waals surface area (Å²) < 4.78 is 0. The molecule has 1 atom stereocenters. The first-order valence-electron chi connectivity index (χ1n) is 3.56. The predicted octanol–water partition coefficient (Wildman–Crippen LogP) is -1.08. The van der Waals surface area contributed by atoms with Crippen molar-refractivity contribution in [3.05, 3.63) is 0 Å². The van der Waals surface area contributed by atoms with Gasteiger partial charge in [0.15, 0.2) is 0 Å². The third kappa shape index (κ3) is 1.14. The Morgan fingerprint density at radius 1 is 1.42 bits per heavy atom. The van der Waals surface area contributed by atoms with Crippen molar-refractivity contribution in [2.24, 2.45) is 0 Å². The van der Waals surface area contributed by atoms with Crippen LogP contribution < -0.4 is 0 Å². The van der Waals surface area contributed by atoms with Crippen LogP contribution in [0, 0.1) is 12.3 Å². The highest BCUT2D eigenvalue weighted by atomic mass is 16.2. The Balaban J connectivity index is 2.86. The molecule has 1 aliphatic rings. The molecule has 0 saturated carbocycles. The monoisotopic (exact) mass is 166 g/mol. The van der Waals surface area contributed by atoms with Crippen LogP contribution in [0.5, 0.6) is 0 Å². The number of likely N-dealkylation sites (N-methyl/N-ethyl adjacent to an activating group) is 2. The zero-order valence-corrected chi connectivity index (χ0v) is 7.07. The molecule has 2 amide bonds. The molecule has 4 nitrogen and oxygen atoms in total. The molecule has 1 fully saturated rings. The van der Waals surface area contributed by atoms with Crippen LogP contribution in [0.2, 0.25) is 0 Å². The van der Waals surface area contributed by atoms with Gasteiger partial charge in [0.05, 0.1) is 6.54 Å². The normalized spacial score (nSPS) is 24.2. The van der Waals surface area contributed by atoms with E-state index in [4.69, 9.17) is 6.42 Å². The lowest BCUT2D eigenvalue weighted by Gasteiger charge is -2.33. The highest BCUT2D eigenvalue weighted by molar-refractivity contribution is 6.35. The zero-order chi connectivity index (χ0) is 9.30. The van der Waals surface area contributed by atoms with E-state index in [0.29, 0.717) is 6.54 Å². The summed E-state index contributed by atoms with van der Waals surface area (Å²) in [6.07, 6.45) is 5.18. The van der Waals surface area contributed by atoms with Crippen LogP contribution in [-0.4, -0.2) is 48.3 Å². The average Bonchev–Trinajstić information content (AvgIpc) is 2.08. The average molecular weight is 166 g/mol. The second-order valence-corrected chi connectivity index (χ2v) is 2.78. The smallest absolute Gasteiger partial charge is 0.312 e. The molecule has 1 aliphatic heterocycles. The molecule has 1 heterocycles. The number of amides is 2. The van der Waals surface area contributed by atoms with Gasteiger partial charge in [-0.25, -0.2) is 0 Å². The lowest BCUT2D eigenvalue weighted by molar-refractivity contribution is -0.155. The van der Waals surface area contributed by atoms with Crippen molar-refractivity contribution in [1.29, 1.82) is 0 Å². The number of terminal acetylenes is 1. The molecule has 0 aromatic carbocycles. The fourth-order valence-electron chi connectivity index (χ4n) is 1.08. The van der Waals surface area contributed by atoms with Gasteiger partial charge in [-0.2, -0.15) is 0 Å². The molecule has 0 unspecified atom stereocenters. The van der Waals surface area contributed by atoms with E-state index >= 15 is 0 Å². The van der Waals surface area contributed by atoms with Gasteiger partial charge in [0.2, 0.25) is 0 Å². The van der Waals surface area contributed by atoms with Gasteiger partial charge in [-0.05, 0) is 0 Å². The van der Waals surface area contributed by atoms with E-state index in [2.05, 4.69) is 5.92 Å². The van der Waals surface area contributed by atoms with Gasteiger partial charge in [-0.3, -0.25) is 9.59 Å². The Bertz CT molecular complexity index is 267. The third-order valence-corrected chi connectivity index (χ3v) is 1.96. The second-order valence-electron chi connectivity index (χ2n) is 2.78. The third-order valence-electron chi connectivity index (χ3n) is 1.96. The maximum atomic E-state index is 11.1. The molecule has 0 aromatic rings. The Kier molecular flexibility index (Phi) is 2.05. The van der Waals surface area contributed by atoms with Gasteiger partial charge in [0.1, 0.15) is 6.04 Å². The van der Waals surface area contributed by atoms with E-state index in [9.17, 15) is 9.59 Å². The Labute approximate surface area is 71.1 Å². The molecular weight excluding hydrogens is 156 g/mol. The lowest BCUT2D eigenvalue weighted by atomic mass is 10.2. The molecule has 1 rings (SSSR count). The first-order chi connectivity index (χ1) is 5.57. The topological polar surface area (TPSA) is 40.6 Å². The van der Waals surface area contributed by atoms with Crippen molar-refractivity contribution >= 4 is 11.8 Å². The molecule has 64 valence electrons. The summed E-state index contributed by atoms with van der Waals surface area (Å²) in [5.74, 6) is 1.41. The number of nitrogens with zero attached hydrogens (tertiary/aromatic N) is 2. The summed E-state index contributed by atoms with van der Waals surface area (Å²) in [5.41, 5.74) is 0. The zero-order valence-electron chi connectivity index (χ0n) is 7.07. The standard InChI is InChI=1S/C8H10N2O2/c1-4-6-5-9(2)7(11)8(12)10(6)3/h1,6H,5H2,2-3H3/t6-/m1/s1. The SMILES string of the molecule is C#C[C@@H]1CN(C)C(=O)C(=O)N1C. The minimum absolute atomic E-state index is 0.291. The van der Waals surface area contributed by atoms with Crippen molar-refractivity contribution in [1.82, 2.24) is 9.80 Å². The molecule has 12 heavy (non-hydrogen) atoms. The molecular formula is C8H10N2O2. The quantitative estimate of drug-likeness (QED) is 0.339. The molecule has 0 aromatic heterocycles. The van der Waals surface area contributed by atoms with E-state index in [1.54, 1.807) is 7.05 Å². The maximum absolute atomic E-state index is 11.1. The van der Waals surface area contributed by atoms with Gasteiger partial charge in [0.25, 0.3) is 0 Å². The van der Waals surface area contributed by atoms with E-state index in [1.807, 2.05) is 0 Å². The fourth-order valence-corrected chi connectivity index (χ4v) is 1.08. The van der Waals surface area contributed by atoms with Crippen molar-refractivity contribution in [2.45, 2.75) is 6.04 Å². The van der Waals surface area contributed by atoms with Crippen molar-refractivity contribution < 1.29 is 9.59 Å². The fraction of sp³-hybridized carbons (Fsp3) is 0.500. The first-order valence-corrected chi connectivity index (χ1v) is 3.56. The summed E-state index contributed by atoms with van der Waals surface area (Å²) in [5, 5.41) is 0. The second kappa shape index (κ2) is 2.86. The van der Waals surface area contributed by atoms with Gasteiger partial charge in [0, 0.05) is 14.1 Å². The molecule has 0 spiro atoms. The summed E-state index contributed by atoms with van der Waals surface area (Å²) in [6, 6.07) is -0.291. The molecule has 0 aliphatic carbocycles. The van der Waals surface area contributed by atoms with Crippen molar-refractivity contribution in [3.63, 3.8) is 0 Å². The molecule has 0 N–H and O–H groups in total. The summed E-state index contributed by atoms with van der Waals surface area (Å²) in [4.78, 5) is 24.8. The molecule has 0 radical (unpaired) electrons. The minimum Gasteiger partial charge on any atom is -0.334 e. The van der Waals surface area contributed by atoms with Crippen LogP contribution in [0.25, 0.3) is 0 Å². The van der Waals surface area contributed by atoms with Crippen LogP contribution in [0.4, 0.5) is 0 Å². The van der Waals surface area contributed by atoms with Gasteiger partial charge in [-0.1, -0.05) is 5.92 Å². The van der Waals surface area contributed by atoms with Crippen LogP contribution in [0.15, 0.2) is 0 Å². The Hall–Kier alpha value is -1.50. The number of piperazine rings is 1. The number of carbonyl (C=O) groups is 2. The number of hydrogen-bond donors (Lipinski definition) is 0. The van der Waals surface area contributed by atoms with Crippen LogP contribution in [-0.2, 0) is 9.59 Å². The minimum atomic E-state index is -0.535. The number of carbonyl (C=O) groups excluding carboxylic acids is 2. The summed E-state index contributed by atoms with van der Waals surface area (Å²) >= 11 is 0. The maximum Gasteiger partial charge on any atom is 0.312 e. The molecule has 1 saturated heterocycles. The first kappa shape index (κ1) is 8.60. The van der Waals surface area contributed by atoms with Gasteiger partial charge < -0.3 is 9.80 Å². The lowest BCUT2D eigenvalue weighted by Crippen LogP contribution is -2.56. The number of rotatable bonds is 0. The highest BCUT2D eigenvalue weighted by Gasteiger charge is 2.33. The van der Waals surface area contributed by atoms with E-state index in [-0.39, 0.29) is 6.04 Å².